The zero-order chi connectivity index (χ0) is 10.6. The van der Waals surface area contributed by atoms with Gasteiger partial charge in [0.1, 0.15) is 5.82 Å². The fourth-order valence-corrected chi connectivity index (χ4v) is 1.42. The first-order valence-corrected chi connectivity index (χ1v) is 4.90. The van der Waals surface area contributed by atoms with Crippen LogP contribution in [-0.4, -0.2) is 15.5 Å². The highest BCUT2D eigenvalue weighted by Crippen LogP contribution is 2.16. The molecule has 0 saturated heterocycles. The molecule has 4 heteroatoms. The summed E-state index contributed by atoms with van der Waals surface area (Å²) in [6.07, 6.45) is 3.86. The number of hydrogen-bond acceptors (Lipinski definition) is 4. The lowest BCUT2D eigenvalue weighted by Crippen LogP contribution is -2.31. The third-order valence-electron chi connectivity index (χ3n) is 2.00. The maximum absolute atomic E-state index is 5.56. The van der Waals surface area contributed by atoms with Gasteiger partial charge in [-0.3, -0.25) is 0 Å². The third-order valence-corrected chi connectivity index (χ3v) is 2.00. The molecule has 0 aliphatic heterocycles. The lowest BCUT2D eigenvalue weighted by Gasteiger charge is -2.25. The van der Waals surface area contributed by atoms with Gasteiger partial charge in [-0.15, -0.1) is 0 Å². The second-order valence-electron chi connectivity index (χ2n) is 4.06. The van der Waals surface area contributed by atoms with Gasteiger partial charge < -0.3 is 11.1 Å². The molecular weight excluding hydrogens is 176 g/mol. The highest BCUT2D eigenvalue weighted by atomic mass is 15.1. The van der Waals surface area contributed by atoms with E-state index in [-0.39, 0.29) is 5.54 Å². The van der Waals surface area contributed by atoms with Gasteiger partial charge >= 0.3 is 0 Å². The zero-order valence-electron chi connectivity index (χ0n) is 9.04. The monoisotopic (exact) mass is 194 g/mol. The third kappa shape index (κ3) is 3.20. The summed E-state index contributed by atoms with van der Waals surface area (Å²) in [5, 5.41) is 3.26. The van der Waals surface area contributed by atoms with E-state index in [1.165, 1.54) is 0 Å². The standard InChI is InChI=1S/C10H18N4/c1-4-6-10(2,3)14-9-12-7-5-8(11)13-9/h5,7H,4,6H2,1-3H3,(H3,11,12,13,14). The zero-order valence-corrected chi connectivity index (χ0v) is 9.04. The van der Waals surface area contributed by atoms with Crippen molar-refractivity contribution >= 4 is 11.8 Å². The Labute approximate surface area is 85.0 Å². The van der Waals surface area contributed by atoms with Crippen LogP contribution in [0.25, 0.3) is 0 Å². The molecule has 0 aliphatic carbocycles. The quantitative estimate of drug-likeness (QED) is 0.770. The smallest absolute Gasteiger partial charge is 0.224 e. The Kier molecular flexibility index (Phi) is 3.28. The summed E-state index contributed by atoms with van der Waals surface area (Å²) in [5.41, 5.74) is 5.58. The van der Waals surface area contributed by atoms with E-state index in [0.29, 0.717) is 11.8 Å². The van der Waals surface area contributed by atoms with Crippen LogP contribution in [0.15, 0.2) is 12.3 Å². The van der Waals surface area contributed by atoms with Gasteiger partial charge in [-0.1, -0.05) is 13.3 Å². The maximum atomic E-state index is 5.56. The first-order valence-electron chi connectivity index (χ1n) is 4.90. The molecule has 0 radical (unpaired) electrons. The summed E-state index contributed by atoms with van der Waals surface area (Å²) in [6.45, 7) is 6.41. The molecule has 0 atom stereocenters. The highest BCUT2D eigenvalue weighted by molar-refractivity contribution is 5.36. The summed E-state index contributed by atoms with van der Waals surface area (Å²) in [6, 6.07) is 1.68. The molecule has 14 heavy (non-hydrogen) atoms. The minimum atomic E-state index is 0.0164. The molecule has 0 aromatic carbocycles. The minimum absolute atomic E-state index is 0.0164. The fourth-order valence-electron chi connectivity index (χ4n) is 1.42. The molecule has 0 bridgehead atoms. The van der Waals surface area contributed by atoms with Crippen LogP contribution >= 0.6 is 0 Å². The largest absolute Gasteiger partial charge is 0.384 e. The van der Waals surface area contributed by atoms with Crippen LogP contribution in [0, 0.1) is 0 Å². The first kappa shape index (κ1) is 10.8. The van der Waals surface area contributed by atoms with E-state index < -0.39 is 0 Å². The molecule has 0 amide bonds. The summed E-state index contributed by atoms with van der Waals surface area (Å²) >= 11 is 0. The van der Waals surface area contributed by atoms with Crippen LogP contribution in [0.3, 0.4) is 0 Å². The molecule has 1 heterocycles. The van der Waals surface area contributed by atoms with Gasteiger partial charge in [0.25, 0.3) is 0 Å². The molecule has 1 aromatic heterocycles. The van der Waals surface area contributed by atoms with Crippen molar-refractivity contribution in [2.24, 2.45) is 0 Å². The SMILES string of the molecule is CCCC(C)(C)Nc1nccc(N)n1. The lowest BCUT2D eigenvalue weighted by molar-refractivity contribution is 0.507. The minimum Gasteiger partial charge on any atom is -0.384 e. The van der Waals surface area contributed by atoms with E-state index in [4.69, 9.17) is 5.73 Å². The molecule has 78 valence electrons. The van der Waals surface area contributed by atoms with Gasteiger partial charge in [0.2, 0.25) is 5.95 Å². The number of nitrogen functional groups attached to an aromatic ring is 1. The maximum Gasteiger partial charge on any atom is 0.224 e. The van der Waals surface area contributed by atoms with Crippen molar-refractivity contribution in [3.63, 3.8) is 0 Å². The predicted molar refractivity (Wildman–Crippen MR) is 59.1 cm³/mol. The number of rotatable bonds is 4. The molecule has 3 N–H and O–H groups in total. The summed E-state index contributed by atoms with van der Waals surface area (Å²) < 4.78 is 0. The van der Waals surface area contributed by atoms with Crippen molar-refractivity contribution in [1.82, 2.24) is 9.97 Å². The van der Waals surface area contributed by atoms with E-state index in [2.05, 4.69) is 36.1 Å². The molecule has 1 aromatic rings. The normalized spacial score (nSPS) is 11.4. The van der Waals surface area contributed by atoms with Crippen molar-refractivity contribution in [2.75, 3.05) is 11.1 Å². The van der Waals surface area contributed by atoms with E-state index >= 15 is 0 Å². The molecule has 0 saturated carbocycles. The van der Waals surface area contributed by atoms with Crippen LogP contribution in [-0.2, 0) is 0 Å². The van der Waals surface area contributed by atoms with Crippen molar-refractivity contribution < 1.29 is 0 Å². The second-order valence-corrected chi connectivity index (χ2v) is 4.06. The van der Waals surface area contributed by atoms with Crippen molar-refractivity contribution in [3.8, 4) is 0 Å². The molecular formula is C10H18N4. The summed E-state index contributed by atoms with van der Waals surface area (Å²) in [5.74, 6) is 1.10. The van der Waals surface area contributed by atoms with E-state index in [0.717, 1.165) is 12.8 Å². The summed E-state index contributed by atoms with van der Waals surface area (Å²) in [7, 11) is 0. The Morgan fingerprint density at radius 1 is 1.50 bits per heavy atom. The Morgan fingerprint density at radius 3 is 2.79 bits per heavy atom. The Balaban J connectivity index is 2.68. The van der Waals surface area contributed by atoms with Gasteiger partial charge in [0.05, 0.1) is 0 Å². The number of nitrogens with zero attached hydrogens (tertiary/aromatic N) is 2. The Bertz CT molecular complexity index is 296. The van der Waals surface area contributed by atoms with E-state index in [9.17, 15) is 0 Å². The number of nitrogens with two attached hydrogens (primary N) is 1. The van der Waals surface area contributed by atoms with Gasteiger partial charge in [-0.2, -0.15) is 4.98 Å². The highest BCUT2D eigenvalue weighted by Gasteiger charge is 2.16. The van der Waals surface area contributed by atoms with Crippen molar-refractivity contribution in [1.29, 1.82) is 0 Å². The number of nitrogens with one attached hydrogen (secondary N) is 1. The van der Waals surface area contributed by atoms with Crippen LogP contribution in [0.4, 0.5) is 11.8 Å². The van der Waals surface area contributed by atoms with Crippen LogP contribution in [0.2, 0.25) is 0 Å². The number of hydrogen-bond donors (Lipinski definition) is 2. The van der Waals surface area contributed by atoms with Gasteiger partial charge in [-0.05, 0) is 26.3 Å². The molecule has 1 rings (SSSR count). The molecule has 0 fully saturated rings. The van der Waals surface area contributed by atoms with Crippen LogP contribution in [0.5, 0.6) is 0 Å². The fraction of sp³-hybridized carbons (Fsp3) is 0.600. The summed E-state index contributed by atoms with van der Waals surface area (Å²) in [4.78, 5) is 8.20. The van der Waals surface area contributed by atoms with Gasteiger partial charge in [-0.25, -0.2) is 4.98 Å². The van der Waals surface area contributed by atoms with E-state index in [1.54, 1.807) is 12.3 Å². The Hall–Kier alpha value is -1.32. The Morgan fingerprint density at radius 2 is 2.21 bits per heavy atom. The van der Waals surface area contributed by atoms with E-state index in [1.807, 2.05) is 0 Å². The van der Waals surface area contributed by atoms with Gasteiger partial charge in [0, 0.05) is 11.7 Å². The predicted octanol–water partition coefficient (Wildman–Crippen LogP) is 2.05. The van der Waals surface area contributed by atoms with Crippen molar-refractivity contribution in [2.45, 2.75) is 39.2 Å². The average molecular weight is 194 g/mol. The topological polar surface area (TPSA) is 63.8 Å². The average Bonchev–Trinajstić information content (AvgIpc) is 2.02. The van der Waals surface area contributed by atoms with Gasteiger partial charge in [0.15, 0.2) is 0 Å². The second kappa shape index (κ2) is 4.26. The molecule has 0 unspecified atom stereocenters. The molecule has 4 nitrogen and oxygen atoms in total. The number of anilines is 2. The van der Waals surface area contributed by atoms with Crippen molar-refractivity contribution in [3.05, 3.63) is 12.3 Å². The first-order chi connectivity index (χ1) is 6.53. The van der Waals surface area contributed by atoms with Crippen LogP contribution < -0.4 is 11.1 Å². The number of aromatic nitrogens is 2. The molecule has 0 aliphatic rings. The van der Waals surface area contributed by atoms with Crippen LogP contribution in [0.1, 0.15) is 33.6 Å². The molecule has 0 spiro atoms. The lowest BCUT2D eigenvalue weighted by atomic mass is 9.99.